The second-order valence-electron chi connectivity index (χ2n) is 8.28. The van der Waals surface area contributed by atoms with Crippen molar-refractivity contribution in [1.29, 1.82) is 0 Å². The number of benzene rings is 2. The summed E-state index contributed by atoms with van der Waals surface area (Å²) in [6.45, 7) is 2.08. The maximum absolute atomic E-state index is 13.6. The van der Waals surface area contributed by atoms with Crippen molar-refractivity contribution < 1.29 is 13.9 Å². The maximum atomic E-state index is 13.6. The minimum Gasteiger partial charge on any atom is -0.408 e. The highest BCUT2D eigenvalue weighted by atomic mass is 35.5. The van der Waals surface area contributed by atoms with E-state index < -0.39 is 11.2 Å². The van der Waals surface area contributed by atoms with Crippen LogP contribution in [0.15, 0.2) is 45.6 Å². The van der Waals surface area contributed by atoms with Crippen molar-refractivity contribution in [3.05, 3.63) is 62.6 Å². The number of nitrogens with one attached hydrogen (secondary N) is 1. The molecule has 1 aliphatic rings. The molecule has 2 aromatic carbocycles. The minimum atomic E-state index is -0.837. The highest BCUT2D eigenvalue weighted by Crippen LogP contribution is 2.40. The summed E-state index contributed by atoms with van der Waals surface area (Å²) < 4.78 is 12.5. The van der Waals surface area contributed by atoms with Gasteiger partial charge in [-0.1, -0.05) is 29.3 Å². The molecule has 1 N–H and O–H groups in total. The average Bonchev–Trinajstić information content (AvgIpc) is 3.07. The fourth-order valence-electron chi connectivity index (χ4n) is 4.12. The first kappa shape index (κ1) is 22.9. The third kappa shape index (κ3) is 4.43. The van der Waals surface area contributed by atoms with Crippen molar-refractivity contribution >= 4 is 45.9 Å². The van der Waals surface area contributed by atoms with Crippen molar-refractivity contribution in [3.63, 3.8) is 0 Å². The number of amides is 1. The van der Waals surface area contributed by atoms with Crippen molar-refractivity contribution in [3.8, 4) is 0 Å². The van der Waals surface area contributed by atoms with Crippen LogP contribution < -0.4 is 11.1 Å². The van der Waals surface area contributed by atoms with Crippen LogP contribution in [0, 0.1) is 0 Å². The number of anilines is 1. The summed E-state index contributed by atoms with van der Waals surface area (Å²) in [7, 11) is 3.88. The van der Waals surface area contributed by atoms with Crippen molar-refractivity contribution in [1.82, 2.24) is 9.47 Å². The van der Waals surface area contributed by atoms with Crippen molar-refractivity contribution in [2.75, 3.05) is 39.2 Å². The summed E-state index contributed by atoms with van der Waals surface area (Å²) in [4.78, 5) is 27.9. The number of aromatic nitrogens is 1. The predicted octanol–water partition coefficient (Wildman–Crippen LogP) is 4.15. The van der Waals surface area contributed by atoms with Gasteiger partial charge in [-0.3, -0.25) is 9.36 Å². The molecule has 1 amide bonds. The molecule has 1 fully saturated rings. The number of likely N-dealkylation sites (N-methyl/N-ethyl adjacent to an activating group) is 1. The molecule has 0 unspecified atom stereocenters. The van der Waals surface area contributed by atoms with E-state index in [0.29, 0.717) is 66.0 Å². The van der Waals surface area contributed by atoms with E-state index in [4.69, 9.17) is 32.4 Å². The summed E-state index contributed by atoms with van der Waals surface area (Å²) in [5.74, 6) is -0.589. The van der Waals surface area contributed by atoms with Crippen LogP contribution in [0.5, 0.6) is 0 Å². The molecule has 0 spiro atoms. The van der Waals surface area contributed by atoms with Crippen LogP contribution in [0.2, 0.25) is 10.0 Å². The van der Waals surface area contributed by atoms with Gasteiger partial charge < -0.3 is 19.4 Å². The zero-order valence-electron chi connectivity index (χ0n) is 18.0. The number of carbonyl (C=O) groups excluding carboxylic acids is 1. The third-order valence-corrected chi connectivity index (χ3v) is 6.47. The molecule has 0 bridgehead atoms. The molecule has 9 heteroatoms. The Labute approximate surface area is 195 Å². The molecular formula is C23H25Cl2N3O4. The zero-order chi connectivity index (χ0) is 22.9. The van der Waals surface area contributed by atoms with Gasteiger partial charge in [-0.05, 0) is 62.8 Å². The average molecular weight is 478 g/mol. The van der Waals surface area contributed by atoms with Gasteiger partial charge in [0.1, 0.15) is 0 Å². The number of hydrogen-bond acceptors (Lipinski definition) is 5. The van der Waals surface area contributed by atoms with Crippen LogP contribution in [-0.4, -0.2) is 49.2 Å². The third-order valence-electron chi connectivity index (χ3n) is 5.92. The topological polar surface area (TPSA) is 76.7 Å². The fourth-order valence-corrected chi connectivity index (χ4v) is 4.71. The SMILES string of the molecule is CN(C)CCn1c(=O)oc2ccc(NC(=O)C3(c4ccc(Cl)cc4Cl)CCOCC3)cc21. The number of ether oxygens (including phenoxy) is 1. The summed E-state index contributed by atoms with van der Waals surface area (Å²) in [5.41, 5.74) is 1.60. The molecule has 1 aliphatic heterocycles. The van der Waals surface area contributed by atoms with E-state index in [9.17, 15) is 9.59 Å². The van der Waals surface area contributed by atoms with Crippen LogP contribution in [-0.2, 0) is 21.5 Å². The van der Waals surface area contributed by atoms with Gasteiger partial charge in [0.2, 0.25) is 5.91 Å². The largest absolute Gasteiger partial charge is 0.419 e. The molecule has 170 valence electrons. The van der Waals surface area contributed by atoms with E-state index in [0.717, 1.165) is 5.56 Å². The Morgan fingerprint density at radius 3 is 2.59 bits per heavy atom. The Bertz CT molecular complexity index is 1200. The Kier molecular flexibility index (Phi) is 6.62. The van der Waals surface area contributed by atoms with Gasteiger partial charge in [0.15, 0.2) is 5.58 Å². The van der Waals surface area contributed by atoms with Crippen LogP contribution in [0.4, 0.5) is 5.69 Å². The number of rotatable bonds is 6. The first-order valence-corrected chi connectivity index (χ1v) is 11.2. The Morgan fingerprint density at radius 1 is 1.16 bits per heavy atom. The van der Waals surface area contributed by atoms with Gasteiger partial charge in [0.05, 0.1) is 10.9 Å². The lowest BCUT2D eigenvalue weighted by Crippen LogP contribution is -2.45. The van der Waals surface area contributed by atoms with E-state index in [2.05, 4.69) is 5.32 Å². The highest BCUT2D eigenvalue weighted by Gasteiger charge is 2.43. The van der Waals surface area contributed by atoms with Gasteiger partial charge in [0.25, 0.3) is 0 Å². The summed E-state index contributed by atoms with van der Waals surface area (Å²) in [5, 5.41) is 4.00. The van der Waals surface area contributed by atoms with Crippen LogP contribution in [0.25, 0.3) is 11.1 Å². The van der Waals surface area contributed by atoms with E-state index in [-0.39, 0.29) is 5.91 Å². The first-order chi connectivity index (χ1) is 15.3. The lowest BCUT2D eigenvalue weighted by molar-refractivity contribution is -0.125. The number of oxazole rings is 1. The van der Waals surface area contributed by atoms with E-state index in [1.165, 1.54) is 0 Å². The van der Waals surface area contributed by atoms with Crippen molar-refractivity contribution in [2.24, 2.45) is 0 Å². The van der Waals surface area contributed by atoms with Gasteiger partial charge in [-0.15, -0.1) is 0 Å². The molecule has 4 rings (SSSR count). The molecule has 1 aromatic heterocycles. The molecule has 0 atom stereocenters. The summed E-state index contributed by atoms with van der Waals surface area (Å²) in [6, 6.07) is 10.4. The van der Waals surface area contributed by atoms with Gasteiger partial charge in [-0.2, -0.15) is 0 Å². The molecule has 2 heterocycles. The number of halogens is 2. The summed E-state index contributed by atoms with van der Waals surface area (Å²) in [6.07, 6.45) is 1.00. The number of hydrogen-bond donors (Lipinski definition) is 1. The molecule has 0 saturated carbocycles. The number of nitrogens with zero attached hydrogens (tertiary/aromatic N) is 2. The molecule has 32 heavy (non-hydrogen) atoms. The summed E-state index contributed by atoms with van der Waals surface area (Å²) >= 11 is 12.6. The maximum Gasteiger partial charge on any atom is 0.419 e. The van der Waals surface area contributed by atoms with Crippen LogP contribution in [0.1, 0.15) is 18.4 Å². The van der Waals surface area contributed by atoms with Crippen LogP contribution in [0.3, 0.4) is 0 Å². The van der Waals surface area contributed by atoms with Gasteiger partial charge >= 0.3 is 5.76 Å². The lowest BCUT2D eigenvalue weighted by Gasteiger charge is -2.36. The molecule has 7 nitrogen and oxygen atoms in total. The first-order valence-electron chi connectivity index (χ1n) is 10.4. The van der Waals surface area contributed by atoms with E-state index >= 15 is 0 Å². The second kappa shape index (κ2) is 9.27. The second-order valence-corrected chi connectivity index (χ2v) is 9.12. The highest BCUT2D eigenvalue weighted by molar-refractivity contribution is 6.35. The molecule has 1 saturated heterocycles. The van der Waals surface area contributed by atoms with Gasteiger partial charge in [-0.25, -0.2) is 4.79 Å². The molecule has 0 aliphatic carbocycles. The monoisotopic (exact) mass is 477 g/mol. The predicted molar refractivity (Wildman–Crippen MR) is 126 cm³/mol. The Balaban J connectivity index is 1.68. The van der Waals surface area contributed by atoms with Gasteiger partial charge in [0, 0.05) is 42.0 Å². The number of fused-ring (bicyclic) bond motifs is 1. The van der Waals surface area contributed by atoms with E-state index in [1.807, 2.05) is 25.1 Å². The molecule has 0 radical (unpaired) electrons. The standard InChI is InChI=1S/C23H25Cl2N3O4/c1-27(2)9-10-28-19-14-16(4-6-20(19)32-22(28)30)26-21(29)23(7-11-31-12-8-23)17-5-3-15(24)13-18(17)25/h3-6,13-14H,7-12H2,1-2H3,(H,26,29). The van der Waals surface area contributed by atoms with E-state index in [1.54, 1.807) is 34.9 Å². The Morgan fingerprint density at radius 2 is 1.91 bits per heavy atom. The lowest BCUT2D eigenvalue weighted by atomic mass is 9.73. The number of carbonyl (C=O) groups is 1. The minimum absolute atomic E-state index is 0.171. The quantitative estimate of drug-likeness (QED) is 0.576. The zero-order valence-corrected chi connectivity index (χ0v) is 19.5. The van der Waals surface area contributed by atoms with Crippen molar-refractivity contribution in [2.45, 2.75) is 24.8 Å². The fraction of sp³-hybridized carbons (Fsp3) is 0.391. The smallest absolute Gasteiger partial charge is 0.408 e. The Hall–Kier alpha value is -2.32. The van der Waals surface area contributed by atoms with Crippen LogP contribution >= 0.6 is 23.2 Å². The normalized spacial score (nSPS) is 15.9. The molecular weight excluding hydrogens is 453 g/mol. The molecule has 3 aromatic rings.